The van der Waals surface area contributed by atoms with Crippen molar-refractivity contribution in [3.05, 3.63) is 59.1 Å². The van der Waals surface area contributed by atoms with Gasteiger partial charge in [0.05, 0.1) is 6.61 Å². The molecule has 188 valence electrons. The molecule has 35 heavy (non-hydrogen) atoms. The highest BCUT2D eigenvalue weighted by atomic mass is 35.5. The number of hydrogen-bond donors (Lipinski definition) is 1. The number of benzene rings is 2. The monoisotopic (exact) mass is 501 g/mol. The van der Waals surface area contributed by atoms with E-state index in [1.807, 2.05) is 36.4 Å². The fourth-order valence-electron chi connectivity index (χ4n) is 4.30. The molecule has 3 amide bonds. The quantitative estimate of drug-likeness (QED) is 0.397. The van der Waals surface area contributed by atoms with Gasteiger partial charge in [0.25, 0.3) is 0 Å². The molecule has 0 radical (unpaired) electrons. The Morgan fingerprint density at radius 3 is 2.43 bits per heavy atom. The van der Waals surface area contributed by atoms with Crippen molar-refractivity contribution < 1.29 is 24.2 Å². The van der Waals surface area contributed by atoms with Crippen LogP contribution in [0, 0.1) is 0 Å². The summed E-state index contributed by atoms with van der Waals surface area (Å²) in [6.07, 6.45) is 1.88. The van der Waals surface area contributed by atoms with Crippen LogP contribution >= 0.6 is 11.6 Å². The molecule has 1 N–H and O–H groups in total. The van der Waals surface area contributed by atoms with Gasteiger partial charge < -0.3 is 19.5 Å². The van der Waals surface area contributed by atoms with Crippen LogP contribution in [0.15, 0.2) is 48.5 Å². The minimum absolute atomic E-state index is 0.147. The van der Waals surface area contributed by atoms with E-state index in [0.717, 1.165) is 25.4 Å². The summed E-state index contributed by atoms with van der Waals surface area (Å²) in [7, 11) is 1.62. The lowest BCUT2D eigenvalue weighted by Gasteiger charge is -2.38. The minimum Gasteiger partial charge on any atom is -0.494 e. The van der Waals surface area contributed by atoms with Gasteiger partial charge in [-0.1, -0.05) is 29.8 Å². The van der Waals surface area contributed by atoms with Crippen LogP contribution in [0.4, 0.5) is 4.79 Å². The average Bonchev–Trinajstić information content (AvgIpc) is 3.09. The molecule has 2 aliphatic rings. The fourth-order valence-corrected chi connectivity index (χ4v) is 4.48. The van der Waals surface area contributed by atoms with E-state index in [0.29, 0.717) is 43.2 Å². The van der Waals surface area contributed by atoms with Crippen molar-refractivity contribution >= 4 is 23.5 Å². The fraction of sp³-hybridized carbons (Fsp3) is 0.462. The van der Waals surface area contributed by atoms with Crippen LogP contribution in [-0.4, -0.2) is 83.8 Å². The Bertz CT molecular complexity index is 1020. The molecule has 2 saturated heterocycles. The van der Waals surface area contributed by atoms with E-state index >= 15 is 0 Å². The first-order valence-corrected chi connectivity index (χ1v) is 12.3. The number of halogens is 1. The molecule has 2 fully saturated rings. The number of likely N-dealkylation sites (N-methyl/N-ethyl adjacent to an activating group) is 1. The summed E-state index contributed by atoms with van der Waals surface area (Å²) in [5.74, 6) is 1.27. The van der Waals surface area contributed by atoms with Crippen LogP contribution in [0.25, 0.3) is 0 Å². The Kier molecular flexibility index (Phi) is 8.15. The molecule has 2 aromatic rings. The number of nitrogens with zero attached hydrogens (tertiary/aromatic N) is 3. The van der Waals surface area contributed by atoms with Crippen molar-refractivity contribution in [3.63, 3.8) is 0 Å². The van der Waals surface area contributed by atoms with Gasteiger partial charge in [0.2, 0.25) is 5.91 Å². The number of rotatable bonds is 10. The molecule has 0 aromatic heterocycles. The number of amides is 3. The van der Waals surface area contributed by atoms with Gasteiger partial charge in [0, 0.05) is 38.2 Å². The second-order valence-electron chi connectivity index (χ2n) is 9.28. The first-order valence-electron chi connectivity index (χ1n) is 11.9. The van der Waals surface area contributed by atoms with Gasteiger partial charge in [-0.25, -0.2) is 4.79 Å². The number of likely N-dealkylation sites (tertiary alicyclic amines) is 1. The maximum atomic E-state index is 11.9. The number of carbonyl (C=O) groups excluding carboxylic acids is 2. The van der Waals surface area contributed by atoms with Gasteiger partial charge in [-0.05, 0) is 55.2 Å². The van der Waals surface area contributed by atoms with E-state index < -0.39 is 5.60 Å². The zero-order valence-corrected chi connectivity index (χ0v) is 20.7. The molecule has 0 spiro atoms. The largest absolute Gasteiger partial charge is 0.494 e. The molecule has 0 aliphatic carbocycles. The number of ether oxygens (including phenoxy) is 2. The third-order valence-corrected chi connectivity index (χ3v) is 6.68. The molecule has 8 nitrogen and oxygen atoms in total. The summed E-state index contributed by atoms with van der Waals surface area (Å²) >= 11 is 5.99. The predicted molar refractivity (Wildman–Crippen MR) is 133 cm³/mol. The van der Waals surface area contributed by atoms with E-state index in [1.54, 1.807) is 19.2 Å². The molecule has 2 aromatic carbocycles. The Morgan fingerprint density at radius 2 is 1.77 bits per heavy atom. The molecule has 0 unspecified atom stereocenters. The van der Waals surface area contributed by atoms with E-state index in [4.69, 9.17) is 21.1 Å². The van der Waals surface area contributed by atoms with Crippen LogP contribution < -0.4 is 9.47 Å². The normalized spacial score (nSPS) is 18.3. The second kappa shape index (κ2) is 11.3. The molecule has 2 heterocycles. The minimum atomic E-state index is -0.837. The Balaban J connectivity index is 1.15. The van der Waals surface area contributed by atoms with Gasteiger partial charge in [-0.15, -0.1) is 0 Å². The highest BCUT2D eigenvalue weighted by molar-refractivity contribution is 6.30. The number of imide groups is 1. The zero-order chi connectivity index (χ0) is 24.8. The molecule has 0 atom stereocenters. The number of urea groups is 1. The molecule has 0 bridgehead atoms. The van der Waals surface area contributed by atoms with Gasteiger partial charge in [-0.3, -0.25) is 14.6 Å². The van der Waals surface area contributed by atoms with Gasteiger partial charge >= 0.3 is 6.03 Å². The van der Waals surface area contributed by atoms with Crippen molar-refractivity contribution in [2.45, 2.75) is 31.4 Å². The maximum absolute atomic E-state index is 11.9. The highest BCUT2D eigenvalue weighted by Gasteiger charge is 2.34. The second-order valence-corrected chi connectivity index (χ2v) is 9.71. The lowest BCUT2D eigenvalue weighted by Crippen LogP contribution is -2.47. The van der Waals surface area contributed by atoms with E-state index in [-0.39, 0.29) is 25.1 Å². The van der Waals surface area contributed by atoms with Crippen LogP contribution in [-0.2, 0) is 11.3 Å². The van der Waals surface area contributed by atoms with Crippen molar-refractivity contribution in [3.8, 4) is 11.5 Å². The first-order chi connectivity index (χ1) is 16.8. The third kappa shape index (κ3) is 6.87. The Hall–Kier alpha value is -2.81. The Morgan fingerprint density at radius 1 is 1.03 bits per heavy atom. The number of piperidine rings is 1. The van der Waals surface area contributed by atoms with Gasteiger partial charge in [0.1, 0.15) is 30.3 Å². The van der Waals surface area contributed by atoms with Crippen LogP contribution in [0.5, 0.6) is 11.5 Å². The van der Waals surface area contributed by atoms with Gasteiger partial charge in [-0.2, -0.15) is 0 Å². The standard InChI is InChI=1S/C26H32ClN3O5/c1-28-18-24(31)30(25(28)32)12-3-15-34-22-8-6-20(7-9-22)17-29-13-10-26(33,11-14-29)19-35-23-5-2-4-21(27)16-23/h2,4-9,16,33H,3,10-15,17-19H2,1H3. The first kappa shape index (κ1) is 25.3. The molecule has 0 saturated carbocycles. The maximum Gasteiger partial charge on any atom is 0.326 e. The van der Waals surface area contributed by atoms with Crippen LogP contribution in [0.2, 0.25) is 5.02 Å². The highest BCUT2D eigenvalue weighted by Crippen LogP contribution is 2.26. The lowest BCUT2D eigenvalue weighted by molar-refractivity contribution is -0.125. The van der Waals surface area contributed by atoms with Crippen molar-refractivity contribution in [2.24, 2.45) is 0 Å². The van der Waals surface area contributed by atoms with Crippen molar-refractivity contribution in [1.29, 1.82) is 0 Å². The third-order valence-electron chi connectivity index (χ3n) is 6.45. The summed E-state index contributed by atoms with van der Waals surface area (Å²) in [4.78, 5) is 28.7. The lowest BCUT2D eigenvalue weighted by atomic mass is 9.92. The summed E-state index contributed by atoms with van der Waals surface area (Å²) in [5.41, 5.74) is 0.338. The topological polar surface area (TPSA) is 82.6 Å². The summed E-state index contributed by atoms with van der Waals surface area (Å²) in [6.45, 7) is 3.58. The van der Waals surface area contributed by atoms with Gasteiger partial charge in [0.15, 0.2) is 0 Å². The molecule has 2 aliphatic heterocycles. The van der Waals surface area contributed by atoms with E-state index in [9.17, 15) is 14.7 Å². The van der Waals surface area contributed by atoms with Crippen LogP contribution in [0.3, 0.4) is 0 Å². The SMILES string of the molecule is CN1CC(=O)N(CCCOc2ccc(CN3CCC(O)(COc4cccc(Cl)c4)CC3)cc2)C1=O. The zero-order valence-electron chi connectivity index (χ0n) is 20.0. The molecular weight excluding hydrogens is 470 g/mol. The molecule has 9 heteroatoms. The number of carbonyl (C=O) groups is 2. The van der Waals surface area contributed by atoms with Crippen LogP contribution in [0.1, 0.15) is 24.8 Å². The Labute approximate surface area is 211 Å². The van der Waals surface area contributed by atoms with E-state index in [1.165, 1.54) is 15.4 Å². The predicted octanol–water partition coefficient (Wildman–Crippen LogP) is 3.41. The number of aliphatic hydroxyl groups is 1. The molecular formula is C26H32ClN3O5. The van der Waals surface area contributed by atoms with Crippen molar-refractivity contribution in [2.75, 3.05) is 46.4 Å². The van der Waals surface area contributed by atoms with Crippen molar-refractivity contribution in [1.82, 2.24) is 14.7 Å². The average molecular weight is 502 g/mol. The molecule has 4 rings (SSSR count). The summed E-state index contributed by atoms with van der Waals surface area (Å²) in [6, 6.07) is 14.9. The summed E-state index contributed by atoms with van der Waals surface area (Å²) < 4.78 is 11.5. The van der Waals surface area contributed by atoms with E-state index in [2.05, 4.69) is 4.90 Å². The summed E-state index contributed by atoms with van der Waals surface area (Å²) in [5, 5.41) is 11.5. The number of hydrogen-bond acceptors (Lipinski definition) is 6. The smallest absolute Gasteiger partial charge is 0.326 e.